The molecule has 1 aromatic carbocycles. The van der Waals surface area contributed by atoms with Gasteiger partial charge in [0.1, 0.15) is 5.60 Å². The molecule has 5 heteroatoms. The molecule has 0 atom stereocenters. The molecule has 0 aromatic heterocycles. The molecule has 4 nitrogen and oxygen atoms in total. The number of para-hydroxylation sites is 1. The molecule has 0 spiro atoms. The van der Waals surface area contributed by atoms with Crippen LogP contribution in [0.4, 0.5) is 10.5 Å². The Kier molecular flexibility index (Phi) is 4.58. The van der Waals surface area contributed by atoms with Crippen molar-refractivity contribution in [3.63, 3.8) is 0 Å². The van der Waals surface area contributed by atoms with E-state index in [0.717, 1.165) is 29.8 Å². The SMILES string of the molecule is CC(C)(C)OC(=O)N1CC(CNc2ccccc2Br)C1. The molecule has 20 heavy (non-hydrogen) atoms. The Morgan fingerprint density at radius 2 is 2.05 bits per heavy atom. The first-order valence-corrected chi connectivity index (χ1v) is 7.61. The van der Waals surface area contributed by atoms with Gasteiger partial charge in [-0.2, -0.15) is 0 Å². The van der Waals surface area contributed by atoms with Crippen LogP contribution in [0.5, 0.6) is 0 Å². The molecule has 1 heterocycles. The Bertz CT molecular complexity index is 479. The molecule has 0 aliphatic carbocycles. The first kappa shape index (κ1) is 15.2. The van der Waals surface area contributed by atoms with Crippen molar-refractivity contribution in [1.29, 1.82) is 0 Å². The van der Waals surface area contributed by atoms with E-state index in [1.165, 1.54) is 0 Å². The number of carbonyl (C=O) groups excluding carboxylic acids is 1. The number of nitrogens with one attached hydrogen (secondary N) is 1. The molecular formula is C15H21BrN2O2. The molecular weight excluding hydrogens is 320 g/mol. The molecule has 1 amide bonds. The van der Waals surface area contributed by atoms with E-state index >= 15 is 0 Å². The summed E-state index contributed by atoms with van der Waals surface area (Å²) in [5, 5.41) is 3.40. The zero-order valence-electron chi connectivity index (χ0n) is 12.1. The monoisotopic (exact) mass is 340 g/mol. The van der Waals surface area contributed by atoms with Gasteiger partial charge in [0, 0.05) is 35.7 Å². The van der Waals surface area contributed by atoms with Crippen molar-refractivity contribution >= 4 is 27.7 Å². The summed E-state index contributed by atoms with van der Waals surface area (Å²) in [6.07, 6.45) is -0.213. The fourth-order valence-corrected chi connectivity index (χ4v) is 2.46. The highest BCUT2D eigenvalue weighted by atomic mass is 79.9. The van der Waals surface area contributed by atoms with Crippen LogP contribution < -0.4 is 5.32 Å². The summed E-state index contributed by atoms with van der Waals surface area (Å²) in [5.41, 5.74) is 0.665. The van der Waals surface area contributed by atoms with Gasteiger partial charge in [0.2, 0.25) is 0 Å². The number of hydrogen-bond acceptors (Lipinski definition) is 3. The third-order valence-electron chi connectivity index (χ3n) is 3.06. The second kappa shape index (κ2) is 6.04. The van der Waals surface area contributed by atoms with Gasteiger partial charge in [-0.1, -0.05) is 12.1 Å². The molecule has 0 bridgehead atoms. The van der Waals surface area contributed by atoms with Crippen LogP contribution in [0.25, 0.3) is 0 Å². The lowest BCUT2D eigenvalue weighted by Crippen LogP contribution is -2.53. The number of rotatable bonds is 3. The third-order valence-corrected chi connectivity index (χ3v) is 3.76. The zero-order valence-corrected chi connectivity index (χ0v) is 13.7. The van der Waals surface area contributed by atoms with Crippen LogP contribution in [0.3, 0.4) is 0 Å². The van der Waals surface area contributed by atoms with Crippen molar-refractivity contribution in [2.75, 3.05) is 25.0 Å². The maximum absolute atomic E-state index is 11.8. The maximum Gasteiger partial charge on any atom is 0.410 e. The van der Waals surface area contributed by atoms with E-state index in [4.69, 9.17) is 4.74 Å². The Hall–Kier alpha value is -1.23. The molecule has 110 valence electrons. The van der Waals surface area contributed by atoms with Gasteiger partial charge < -0.3 is 15.0 Å². The van der Waals surface area contributed by atoms with Crippen LogP contribution in [0, 0.1) is 5.92 Å². The summed E-state index contributed by atoms with van der Waals surface area (Å²) in [6.45, 7) is 8.03. The minimum Gasteiger partial charge on any atom is -0.444 e. The van der Waals surface area contributed by atoms with Crippen LogP contribution in [0.2, 0.25) is 0 Å². The number of carbonyl (C=O) groups is 1. The Morgan fingerprint density at radius 3 is 2.65 bits per heavy atom. The topological polar surface area (TPSA) is 41.6 Å². The highest BCUT2D eigenvalue weighted by Gasteiger charge is 2.33. The van der Waals surface area contributed by atoms with Gasteiger partial charge in [-0.25, -0.2) is 4.79 Å². The Labute approximate surface area is 128 Å². The first-order chi connectivity index (χ1) is 9.35. The second-order valence-corrected chi connectivity index (χ2v) is 6.97. The quantitative estimate of drug-likeness (QED) is 0.911. The van der Waals surface area contributed by atoms with Gasteiger partial charge in [-0.15, -0.1) is 0 Å². The lowest BCUT2D eigenvalue weighted by molar-refractivity contribution is 0.000846. The predicted octanol–water partition coefficient (Wildman–Crippen LogP) is 3.73. The smallest absolute Gasteiger partial charge is 0.410 e. The second-order valence-electron chi connectivity index (χ2n) is 6.11. The third kappa shape index (κ3) is 4.13. The van der Waals surface area contributed by atoms with E-state index < -0.39 is 5.60 Å². The minimum absolute atomic E-state index is 0.213. The summed E-state index contributed by atoms with van der Waals surface area (Å²) in [7, 11) is 0. The van der Waals surface area contributed by atoms with Crippen LogP contribution in [-0.2, 0) is 4.74 Å². The standard InChI is InChI=1S/C15H21BrN2O2/c1-15(2,3)20-14(19)18-9-11(10-18)8-17-13-7-5-4-6-12(13)16/h4-7,11,17H,8-10H2,1-3H3. The average molecular weight is 341 g/mol. The van der Waals surface area contributed by atoms with Gasteiger partial charge in [-0.3, -0.25) is 0 Å². The highest BCUT2D eigenvalue weighted by Crippen LogP contribution is 2.24. The van der Waals surface area contributed by atoms with Gasteiger partial charge in [0.15, 0.2) is 0 Å². The summed E-state index contributed by atoms with van der Waals surface area (Å²) in [4.78, 5) is 13.5. The van der Waals surface area contributed by atoms with Crippen LogP contribution in [0.1, 0.15) is 20.8 Å². The highest BCUT2D eigenvalue weighted by molar-refractivity contribution is 9.10. The van der Waals surface area contributed by atoms with Gasteiger partial charge >= 0.3 is 6.09 Å². The van der Waals surface area contributed by atoms with Crippen molar-refractivity contribution in [3.8, 4) is 0 Å². The summed E-state index contributed by atoms with van der Waals surface area (Å²) < 4.78 is 6.39. The molecule has 1 aromatic rings. The molecule has 0 unspecified atom stereocenters. The minimum atomic E-state index is -0.421. The molecule has 0 saturated carbocycles. The number of ether oxygens (including phenoxy) is 1. The van der Waals surface area contributed by atoms with Crippen LogP contribution >= 0.6 is 15.9 Å². The van der Waals surface area contributed by atoms with Gasteiger partial charge in [0.05, 0.1) is 0 Å². The Balaban J connectivity index is 1.72. The number of benzene rings is 1. The average Bonchev–Trinajstić information content (AvgIpc) is 2.26. The Morgan fingerprint density at radius 1 is 1.40 bits per heavy atom. The number of likely N-dealkylation sites (tertiary alicyclic amines) is 1. The molecule has 1 fully saturated rings. The van der Waals surface area contributed by atoms with E-state index in [0.29, 0.717) is 5.92 Å². The number of hydrogen-bond donors (Lipinski definition) is 1. The first-order valence-electron chi connectivity index (χ1n) is 6.81. The van der Waals surface area contributed by atoms with Crippen molar-refractivity contribution in [2.24, 2.45) is 5.92 Å². The molecule has 1 saturated heterocycles. The lowest BCUT2D eigenvalue weighted by Gasteiger charge is -2.40. The van der Waals surface area contributed by atoms with Gasteiger partial charge in [-0.05, 0) is 48.8 Å². The number of nitrogens with zero attached hydrogens (tertiary/aromatic N) is 1. The van der Waals surface area contributed by atoms with E-state index in [2.05, 4.69) is 21.2 Å². The maximum atomic E-state index is 11.8. The summed E-state index contributed by atoms with van der Waals surface area (Å²) in [5.74, 6) is 0.481. The van der Waals surface area contributed by atoms with Crippen molar-refractivity contribution < 1.29 is 9.53 Å². The fraction of sp³-hybridized carbons (Fsp3) is 0.533. The largest absolute Gasteiger partial charge is 0.444 e. The van der Waals surface area contributed by atoms with Crippen LogP contribution in [-0.4, -0.2) is 36.2 Å². The van der Waals surface area contributed by atoms with E-state index in [1.54, 1.807) is 4.90 Å². The predicted molar refractivity (Wildman–Crippen MR) is 83.9 cm³/mol. The summed E-state index contributed by atoms with van der Waals surface area (Å²) >= 11 is 3.51. The molecule has 1 aliphatic rings. The lowest BCUT2D eigenvalue weighted by atomic mass is 10.0. The molecule has 2 rings (SSSR count). The molecule has 1 N–H and O–H groups in total. The summed E-state index contributed by atoms with van der Waals surface area (Å²) in [6, 6.07) is 8.04. The van der Waals surface area contributed by atoms with Crippen LogP contribution in [0.15, 0.2) is 28.7 Å². The number of halogens is 1. The number of amides is 1. The van der Waals surface area contributed by atoms with Gasteiger partial charge in [0.25, 0.3) is 0 Å². The van der Waals surface area contributed by atoms with E-state index in [1.807, 2.05) is 45.0 Å². The van der Waals surface area contributed by atoms with Crippen molar-refractivity contribution in [3.05, 3.63) is 28.7 Å². The molecule has 1 aliphatic heterocycles. The van der Waals surface area contributed by atoms with E-state index in [-0.39, 0.29) is 6.09 Å². The van der Waals surface area contributed by atoms with Crippen molar-refractivity contribution in [1.82, 2.24) is 4.90 Å². The van der Waals surface area contributed by atoms with E-state index in [9.17, 15) is 4.79 Å². The fourth-order valence-electron chi connectivity index (χ4n) is 2.03. The molecule has 0 radical (unpaired) electrons. The number of anilines is 1. The normalized spacial score (nSPS) is 15.7. The zero-order chi connectivity index (χ0) is 14.8. The van der Waals surface area contributed by atoms with Crippen molar-refractivity contribution in [2.45, 2.75) is 26.4 Å².